The molecule has 3 aromatic carbocycles. The molecular weight excluding hydrogens is 495 g/mol. The van der Waals surface area contributed by atoms with Crippen molar-refractivity contribution in [1.82, 2.24) is 4.98 Å². The molecular formula is C28H21FN2O5S. The molecule has 0 spiro atoms. The Kier molecular flexibility index (Phi) is 5.45. The zero-order valence-electron chi connectivity index (χ0n) is 19.9. The van der Waals surface area contributed by atoms with Crippen LogP contribution in [0.5, 0.6) is 11.5 Å². The van der Waals surface area contributed by atoms with Gasteiger partial charge in [-0.3, -0.25) is 14.5 Å². The van der Waals surface area contributed by atoms with Crippen molar-refractivity contribution < 1.29 is 28.6 Å². The number of aliphatic hydroxyl groups is 1. The number of amides is 1. The summed E-state index contributed by atoms with van der Waals surface area (Å²) >= 11 is 1.29. The fraction of sp³-hybridized carbons (Fsp3) is 0.179. The van der Waals surface area contributed by atoms with Crippen molar-refractivity contribution in [2.75, 3.05) is 18.1 Å². The van der Waals surface area contributed by atoms with E-state index in [9.17, 15) is 19.1 Å². The number of nitrogens with zero attached hydrogens (tertiary/aromatic N) is 2. The summed E-state index contributed by atoms with van der Waals surface area (Å²) in [5.41, 5.74) is 3.38. The van der Waals surface area contributed by atoms with Crippen molar-refractivity contribution in [2.24, 2.45) is 0 Å². The van der Waals surface area contributed by atoms with Gasteiger partial charge in [-0.15, -0.1) is 0 Å². The number of carbonyl (C=O) groups excluding carboxylic acids is 2. The van der Waals surface area contributed by atoms with Gasteiger partial charge in [-0.2, -0.15) is 0 Å². The summed E-state index contributed by atoms with van der Waals surface area (Å²) in [5.74, 6) is -1.53. The molecule has 1 atom stereocenters. The third-order valence-corrected chi connectivity index (χ3v) is 7.47. The van der Waals surface area contributed by atoms with Crippen molar-refractivity contribution >= 4 is 44.1 Å². The molecule has 1 aromatic heterocycles. The molecule has 0 bridgehead atoms. The first-order valence-electron chi connectivity index (χ1n) is 11.7. The van der Waals surface area contributed by atoms with E-state index in [0.717, 1.165) is 21.3 Å². The molecule has 1 saturated heterocycles. The molecule has 37 heavy (non-hydrogen) atoms. The van der Waals surface area contributed by atoms with Gasteiger partial charge in [0, 0.05) is 5.56 Å². The highest BCUT2D eigenvalue weighted by Gasteiger charge is 2.48. The van der Waals surface area contributed by atoms with Crippen LogP contribution in [-0.4, -0.2) is 35.0 Å². The van der Waals surface area contributed by atoms with Gasteiger partial charge < -0.3 is 14.6 Å². The fourth-order valence-electron chi connectivity index (χ4n) is 4.80. The van der Waals surface area contributed by atoms with Gasteiger partial charge in [-0.05, 0) is 66.9 Å². The van der Waals surface area contributed by atoms with Crippen LogP contribution < -0.4 is 14.4 Å². The molecule has 1 unspecified atom stereocenters. The summed E-state index contributed by atoms with van der Waals surface area (Å²) in [7, 11) is 0. The van der Waals surface area contributed by atoms with Crippen molar-refractivity contribution in [3.63, 3.8) is 0 Å². The monoisotopic (exact) mass is 516 g/mol. The van der Waals surface area contributed by atoms with Crippen molar-refractivity contribution in [3.8, 4) is 11.5 Å². The number of Topliss-reactive ketones (excluding diaryl/α,β-unsaturated/α-hetero) is 1. The van der Waals surface area contributed by atoms with E-state index in [-0.39, 0.29) is 11.3 Å². The lowest BCUT2D eigenvalue weighted by Crippen LogP contribution is -2.29. The van der Waals surface area contributed by atoms with E-state index in [1.165, 1.54) is 40.5 Å². The highest BCUT2D eigenvalue weighted by atomic mass is 32.1. The van der Waals surface area contributed by atoms with Gasteiger partial charge in [0.15, 0.2) is 16.6 Å². The maximum absolute atomic E-state index is 13.8. The van der Waals surface area contributed by atoms with Crippen LogP contribution in [0.2, 0.25) is 0 Å². The van der Waals surface area contributed by atoms with Crippen LogP contribution in [0.3, 0.4) is 0 Å². The van der Waals surface area contributed by atoms with E-state index in [1.54, 1.807) is 18.2 Å². The summed E-state index contributed by atoms with van der Waals surface area (Å²) < 4.78 is 25.9. The Morgan fingerprint density at radius 1 is 1.03 bits per heavy atom. The minimum absolute atomic E-state index is 0.111. The second-order valence-electron chi connectivity index (χ2n) is 9.00. The molecule has 4 aromatic rings. The van der Waals surface area contributed by atoms with Gasteiger partial charge in [0.1, 0.15) is 24.8 Å². The van der Waals surface area contributed by atoms with Gasteiger partial charge in [0.2, 0.25) is 0 Å². The molecule has 1 amide bonds. The topological polar surface area (TPSA) is 89.0 Å². The van der Waals surface area contributed by atoms with Crippen molar-refractivity contribution in [1.29, 1.82) is 0 Å². The number of fused-ring (bicyclic) bond motifs is 2. The molecule has 186 valence electrons. The number of aromatic nitrogens is 1. The van der Waals surface area contributed by atoms with Gasteiger partial charge in [-0.1, -0.05) is 29.5 Å². The van der Waals surface area contributed by atoms with Gasteiger partial charge in [0.25, 0.3) is 5.78 Å². The first kappa shape index (κ1) is 23.2. The lowest BCUT2D eigenvalue weighted by Gasteiger charge is -2.23. The predicted molar refractivity (Wildman–Crippen MR) is 138 cm³/mol. The Labute approximate surface area is 215 Å². The lowest BCUT2D eigenvalue weighted by molar-refractivity contribution is -0.132. The van der Waals surface area contributed by atoms with Crippen LogP contribution in [0.15, 0.2) is 60.2 Å². The number of aliphatic hydroxyl groups excluding tert-OH is 1. The minimum atomic E-state index is -1.00. The van der Waals surface area contributed by atoms with Gasteiger partial charge >= 0.3 is 5.91 Å². The SMILES string of the molecule is Cc1cc(C)c2nc(N3C(=O)C(=O)/C(=C(/O)c4ccc5c(c4)OCCO5)C3c3ccc(F)cc3)sc2c1. The molecule has 2 aliphatic rings. The number of halogens is 1. The highest BCUT2D eigenvalue weighted by molar-refractivity contribution is 7.22. The molecule has 1 N–H and O–H groups in total. The Morgan fingerprint density at radius 3 is 2.51 bits per heavy atom. The average Bonchev–Trinajstić information content (AvgIpc) is 3.42. The maximum Gasteiger partial charge on any atom is 0.301 e. The number of ketones is 1. The average molecular weight is 517 g/mol. The van der Waals surface area contributed by atoms with Crippen molar-refractivity contribution in [3.05, 3.63) is 88.2 Å². The largest absolute Gasteiger partial charge is 0.507 e. The summed E-state index contributed by atoms with van der Waals surface area (Å²) in [5, 5.41) is 11.7. The number of hydrogen-bond donors (Lipinski definition) is 1. The van der Waals surface area contributed by atoms with Crippen LogP contribution >= 0.6 is 11.3 Å². The summed E-state index contributed by atoms with van der Waals surface area (Å²) in [6.45, 7) is 4.68. The standard InChI is InChI=1S/C28H21FN2O5S/c1-14-11-15(2)23-21(12-14)37-28(30-23)31-24(16-3-6-18(29)7-4-16)22(26(33)27(31)34)25(32)17-5-8-19-20(13-17)36-10-9-35-19/h3-8,11-13,24,32H,9-10H2,1-2H3/b25-22+. The molecule has 7 nitrogen and oxygen atoms in total. The van der Waals surface area contributed by atoms with Crippen molar-refractivity contribution in [2.45, 2.75) is 19.9 Å². The third kappa shape index (κ3) is 3.82. The molecule has 6 rings (SSSR count). The van der Waals surface area contributed by atoms with Crippen LogP contribution in [0, 0.1) is 19.7 Å². The van der Waals surface area contributed by atoms with Crippen LogP contribution in [-0.2, 0) is 9.59 Å². The number of ether oxygens (including phenoxy) is 2. The zero-order chi connectivity index (χ0) is 25.8. The van der Waals surface area contributed by atoms with Crippen LogP contribution in [0.25, 0.3) is 16.0 Å². The van der Waals surface area contributed by atoms with E-state index in [1.807, 2.05) is 26.0 Å². The number of thiazole rings is 1. The Morgan fingerprint density at radius 2 is 1.76 bits per heavy atom. The highest BCUT2D eigenvalue weighted by Crippen LogP contribution is 2.45. The molecule has 9 heteroatoms. The minimum Gasteiger partial charge on any atom is -0.507 e. The smallest absolute Gasteiger partial charge is 0.301 e. The summed E-state index contributed by atoms with van der Waals surface area (Å²) in [6, 6.07) is 13.3. The molecule has 1 fully saturated rings. The summed E-state index contributed by atoms with van der Waals surface area (Å²) in [4.78, 5) is 32.8. The maximum atomic E-state index is 13.8. The number of aryl methyl sites for hydroxylation is 2. The normalized spacial score (nSPS) is 18.6. The van der Waals surface area contributed by atoms with E-state index < -0.39 is 23.5 Å². The third-order valence-electron chi connectivity index (χ3n) is 6.47. The first-order valence-corrected chi connectivity index (χ1v) is 12.5. The quantitative estimate of drug-likeness (QED) is 0.221. The van der Waals surface area contributed by atoms with E-state index in [2.05, 4.69) is 0 Å². The molecule has 0 aliphatic carbocycles. The van der Waals surface area contributed by atoms with E-state index >= 15 is 0 Å². The van der Waals surface area contributed by atoms with Crippen LogP contribution in [0.4, 0.5) is 9.52 Å². The Hall–Kier alpha value is -4.24. The first-order chi connectivity index (χ1) is 17.8. The lowest BCUT2D eigenvalue weighted by atomic mass is 9.95. The molecule has 3 heterocycles. The molecule has 2 aliphatic heterocycles. The number of carbonyl (C=O) groups is 2. The molecule has 0 saturated carbocycles. The zero-order valence-corrected chi connectivity index (χ0v) is 20.8. The van der Waals surface area contributed by atoms with E-state index in [0.29, 0.717) is 41.0 Å². The van der Waals surface area contributed by atoms with Gasteiger partial charge in [0.05, 0.1) is 21.8 Å². The number of anilines is 1. The van der Waals surface area contributed by atoms with Crippen LogP contribution in [0.1, 0.15) is 28.3 Å². The van der Waals surface area contributed by atoms with E-state index in [4.69, 9.17) is 14.5 Å². The van der Waals surface area contributed by atoms with Gasteiger partial charge in [-0.25, -0.2) is 9.37 Å². The predicted octanol–water partition coefficient (Wildman–Crippen LogP) is 5.45. The summed E-state index contributed by atoms with van der Waals surface area (Å²) in [6.07, 6.45) is 0. The fourth-order valence-corrected chi connectivity index (χ4v) is 5.97. The Balaban J connectivity index is 1.55. The Bertz CT molecular complexity index is 1630. The number of hydrogen-bond acceptors (Lipinski definition) is 7. The number of benzene rings is 3. The second-order valence-corrected chi connectivity index (χ2v) is 10.0. The second kappa shape index (κ2) is 8.70. The molecule has 0 radical (unpaired) electrons. The number of rotatable bonds is 3.